The summed E-state index contributed by atoms with van der Waals surface area (Å²) in [4.78, 5) is 11.1. The summed E-state index contributed by atoms with van der Waals surface area (Å²) < 4.78 is 89.0. The van der Waals surface area contributed by atoms with Crippen molar-refractivity contribution >= 4 is 34.8 Å². The molecule has 0 aromatic heterocycles. The molecule has 0 atom stereocenters. The zero-order valence-electron chi connectivity index (χ0n) is 9.95. The van der Waals surface area contributed by atoms with Gasteiger partial charge in [-0.3, -0.25) is 4.79 Å². The SMILES string of the molecule is O=C(Nc1cc(Cl)cc(Cl)c1)C(F)(F)C(F)(F)OC(F)(F)F. The van der Waals surface area contributed by atoms with Crippen LogP contribution in [0.2, 0.25) is 10.0 Å². The number of amides is 1. The van der Waals surface area contributed by atoms with Crippen LogP contribution in [0, 0.1) is 0 Å². The highest BCUT2D eigenvalue weighted by molar-refractivity contribution is 6.35. The summed E-state index contributed by atoms with van der Waals surface area (Å²) in [7, 11) is 0. The van der Waals surface area contributed by atoms with Gasteiger partial charge in [0, 0.05) is 15.7 Å². The molecule has 0 aliphatic heterocycles. The van der Waals surface area contributed by atoms with Gasteiger partial charge in [0.1, 0.15) is 0 Å². The first-order valence-electron chi connectivity index (χ1n) is 5.05. The fraction of sp³-hybridized carbons (Fsp3) is 0.300. The van der Waals surface area contributed by atoms with Crippen molar-refractivity contribution in [2.24, 2.45) is 0 Å². The van der Waals surface area contributed by atoms with Crippen molar-refractivity contribution in [3.8, 4) is 0 Å². The zero-order chi connectivity index (χ0) is 17.3. The molecular weight excluding hydrogens is 370 g/mol. The van der Waals surface area contributed by atoms with E-state index < -0.39 is 30.0 Å². The number of hydrogen-bond acceptors (Lipinski definition) is 2. The van der Waals surface area contributed by atoms with Crippen molar-refractivity contribution in [3.05, 3.63) is 28.2 Å². The predicted octanol–water partition coefficient (Wildman–Crippen LogP) is 4.70. The molecule has 0 unspecified atom stereocenters. The molecule has 0 saturated carbocycles. The lowest BCUT2D eigenvalue weighted by Gasteiger charge is -2.25. The van der Waals surface area contributed by atoms with E-state index >= 15 is 0 Å². The number of carbonyl (C=O) groups excluding carboxylic acids is 1. The van der Waals surface area contributed by atoms with E-state index in [1.165, 1.54) is 5.32 Å². The minimum Gasteiger partial charge on any atom is -0.320 e. The van der Waals surface area contributed by atoms with Gasteiger partial charge in [0.25, 0.3) is 0 Å². The molecule has 1 rings (SSSR count). The summed E-state index contributed by atoms with van der Waals surface area (Å²) in [5.74, 6) is -8.54. The van der Waals surface area contributed by atoms with E-state index in [0.717, 1.165) is 18.2 Å². The van der Waals surface area contributed by atoms with Crippen molar-refractivity contribution in [2.45, 2.75) is 18.4 Å². The van der Waals surface area contributed by atoms with Gasteiger partial charge in [-0.2, -0.15) is 17.6 Å². The third-order valence-electron chi connectivity index (χ3n) is 2.02. The minimum absolute atomic E-state index is 0.135. The van der Waals surface area contributed by atoms with Crippen LogP contribution < -0.4 is 5.32 Å². The van der Waals surface area contributed by atoms with Crippen LogP contribution in [0.4, 0.5) is 36.4 Å². The summed E-state index contributed by atoms with van der Waals surface area (Å²) >= 11 is 11.0. The fourth-order valence-corrected chi connectivity index (χ4v) is 1.70. The largest absolute Gasteiger partial charge is 0.527 e. The number of anilines is 1. The third-order valence-corrected chi connectivity index (χ3v) is 2.45. The second-order valence-electron chi connectivity index (χ2n) is 3.75. The van der Waals surface area contributed by atoms with Crippen LogP contribution in [-0.2, 0) is 9.53 Å². The van der Waals surface area contributed by atoms with Crippen LogP contribution in [0.25, 0.3) is 0 Å². The van der Waals surface area contributed by atoms with Crippen LogP contribution >= 0.6 is 23.2 Å². The van der Waals surface area contributed by atoms with Gasteiger partial charge in [0.05, 0.1) is 0 Å². The Morgan fingerprint density at radius 1 is 0.955 bits per heavy atom. The number of halogens is 9. The fourth-order valence-electron chi connectivity index (χ4n) is 1.18. The van der Waals surface area contributed by atoms with Crippen molar-refractivity contribution in [2.75, 3.05) is 5.32 Å². The molecule has 12 heteroatoms. The van der Waals surface area contributed by atoms with E-state index in [0.29, 0.717) is 0 Å². The molecule has 124 valence electrons. The standard InChI is InChI=1S/C10H4Cl2F7NO2/c11-4-1-5(12)3-6(2-4)20-7(21)8(13,14)9(15,16)22-10(17,18)19/h1-3H,(H,20,21). The Kier molecular flexibility index (Phi) is 5.20. The minimum atomic E-state index is -6.11. The van der Waals surface area contributed by atoms with Crippen molar-refractivity contribution in [1.82, 2.24) is 0 Å². The van der Waals surface area contributed by atoms with E-state index in [4.69, 9.17) is 23.2 Å². The van der Waals surface area contributed by atoms with Crippen molar-refractivity contribution in [3.63, 3.8) is 0 Å². The number of benzene rings is 1. The van der Waals surface area contributed by atoms with Gasteiger partial charge in [-0.15, -0.1) is 13.2 Å². The second kappa shape index (κ2) is 6.09. The predicted molar refractivity (Wildman–Crippen MR) is 62.1 cm³/mol. The van der Waals surface area contributed by atoms with Crippen LogP contribution in [-0.4, -0.2) is 24.3 Å². The Morgan fingerprint density at radius 3 is 1.82 bits per heavy atom. The van der Waals surface area contributed by atoms with E-state index in [1.807, 2.05) is 4.74 Å². The lowest BCUT2D eigenvalue weighted by atomic mass is 10.2. The molecular formula is C10H4Cl2F7NO2. The molecule has 0 heterocycles. The van der Waals surface area contributed by atoms with Crippen molar-refractivity contribution < 1.29 is 40.3 Å². The molecule has 0 radical (unpaired) electrons. The Balaban J connectivity index is 2.99. The normalized spacial score (nSPS) is 13.1. The van der Waals surface area contributed by atoms with Gasteiger partial charge in [-0.25, -0.2) is 4.74 Å². The Bertz CT molecular complexity index is 557. The maximum absolute atomic E-state index is 13.2. The lowest BCUT2D eigenvalue weighted by Crippen LogP contribution is -2.53. The van der Waals surface area contributed by atoms with Gasteiger partial charge >= 0.3 is 24.3 Å². The highest BCUT2D eigenvalue weighted by Crippen LogP contribution is 2.40. The Labute approximate surface area is 127 Å². The second-order valence-corrected chi connectivity index (χ2v) is 4.62. The summed E-state index contributed by atoms with van der Waals surface area (Å²) in [5, 5.41) is 1.00. The van der Waals surface area contributed by atoms with Crippen LogP contribution in [0.15, 0.2) is 18.2 Å². The maximum atomic E-state index is 13.2. The molecule has 0 saturated heterocycles. The van der Waals surface area contributed by atoms with Crippen LogP contribution in [0.1, 0.15) is 0 Å². The first-order valence-corrected chi connectivity index (χ1v) is 5.80. The Morgan fingerprint density at radius 2 is 1.41 bits per heavy atom. The van der Waals surface area contributed by atoms with E-state index in [2.05, 4.69) is 0 Å². The molecule has 1 amide bonds. The molecule has 0 aliphatic carbocycles. The number of ether oxygens (including phenoxy) is 1. The molecule has 1 aromatic carbocycles. The smallest absolute Gasteiger partial charge is 0.320 e. The molecule has 0 bridgehead atoms. The van der Waals surface area contributed by atoms with Gasteiger partial charge in [-0.05, 0) is 18.2 Å². The third kappa shape index (κ3) is 4.62. The first kappa shape index (κ1) is 18.8. The first-order chi connectivity index (χ1) is 9.74. The van der Waals surface area contributed by atoms with Gasteiger partial charge in [-0.1, -0.05) is 23.2 Å². The quantitative estimate of drug-likeness (QED) is 0.777. The van der Waals surface area contributed by atoms with E-state index in [9.17, 15) is 35.5 Å². The lowest BCUT2D eigenvalue weighted by molar-refractivity contribution is -0.457. The highest BCUT2D eigenvalue weighted by atomic mass is 35.5. The molecule has 1 N–H and O–H groups in total. The molecule has 1 aromatic rings. The average molecular weight is 374 g/mol. The highest BCUT2D eigenvalue weighted by Gasteiger charge is 2.67. The number of alkyl halides is 7. The number of hydrogen-bond donors (Lipinski definition) is 1. The average Bonchev–Trinajstić information content (AvgIpc) is 2.23. The summed E-state index contributed by atoms with van der Waals surface area (Å²) in [5.41, 5.74) is -0.523. The number of rotatable bonds is 4. The van der Waals surface area contributed by atoms with Crippen LogP contribution in [0.5, 0.6) is 0 Å². The molecule has 0 spiro atoms. The molecule has 3 nitrogen and oxygen atoms in total. The molecule has 22 heavy (non-hydrogen) atoms. The summed E-state index contributed by atoms with van der Waals surface area (Å²) in [6, 6.07) is 2.87. The van der Waals surface area contributed by atoms with E-state index in [-0.39, 0.29) is 10.0 Å². The summed E-state index contributed by atoms with van der Waals surface area (Å²) in [6.45, 7) is 0. The van der Waals surface area contributed by atoms with Crippen molar-refractivity contribution in [1.29, 1.82) is 0 Å². The maximum Gasteiger partial charge on any atom is 0.527 e. The zero-order valence-corrected chi connectivity index (χ0v) is 11.5. The van der Waals surface area contributed by atoms with E-state index in [1.54, 1.807) is 0 Å². The number of nitrogens with one attached hydrogen (secondary N) is 1. The number of carbonyl (C=O) groups is 1. The van der Waals surface area contributed by atoms with Gasteiger partial charge < -0.3 is 5.32 Å². The Hall–Kier alpha value is -1.26. The molecule has 0 fully saturated rings. The summed E-state index contributed by atoms with van der Waals surface area (Å²) in [6.07, 6.45) is -12.2. The van der Waals surface area contributed by atoms with Gasteiger partial charge in [0.2, 0.25) is 0 Å². The van der Waals surface area contributed by atoms with Crippen LogP contribution in [0.3, 0.4) is 0 Å². The monoisotopic (exact) mass is 373 g/mol. The van der Waals surface area contributed by atoms with Gasteiger partial charge in [0.15, 0.2) is 0 Å². The molecule has 0 aliphatic rings. The topological polar surface area (TPSA) is 38.3 Å².